The highest BCUT2D eigenvalue weighted by atomic mass is 35.5. The molecule has 0 unspecified atom stereocenters. The number of ether oxygens (including phenoxy) is 1. The average Bonchev–Trinajstić information content (AvgIpc) is 2.97. The van der Waals surface area contributed by atoms with Crippen LogP contribution in [0.4, 0.5) is 0 Å². The highest BCUT2D eigenvalue weighted by Crippen LogP contribution is 2.30. The minimum Gasteiger partial charge on any atom is -0.370 e. The zero-order valence-electron chi connectivity index (χ0n) is 13.6. The van der Waals surface area contributed by atoms with Gasteiger partial charge in [0.15, 0.2) is 0 Å². The molecule has 0 atom stereocenters. The maximum atomic E-state index is 12.6. The van der Waals surface area contributed by atoms with Crippen LogP contribution in [-0.2, 0) is 4.74 Å². The van der Waals surface area contributed by atoms with Crippen molar-refractivity contribution in [2.75, 3.05) is 39.4 Å². The van der Waals surface area contributed by atoms with Gasteiger partial charge in [0, 0.05) is 5.56 Å². The highest BCUT2D eigenvalue weighted by molar-refractivity contribution is 6.33. The number of nitrogens with zero attached hydrogens (tertiary/aromatic N) is 1. The van der Waals surface area contributed by atoms with Crippen molar-refractivity contribution < 1.29 is 19.0 Å². The van der Waals surface area contributed by atoms with E-state index in [4.69, 9.17) is 20.9 Å². The number of aryl methyl sites for hydroxylation is 1. The predicted molar refractivity (Wildman–Crippen MR) is 90.4 cm³/mol. The molecule has 1 aromatic heterocycles. The number of carbonyl (C=O) groups is 1. The Morgan fingerprint density at radius 3 is 2.83 bits per heavy atom. The van der Waals surface area contributed by atoms with Gasteiger partial charge < -0.3 is 19.5 Å². The molecule has 7 heteroatoms. The third-order valence-electron chi connectivity index (χ3n) is 4.18. The molecule has 1 saturated heterocycles. The van der Waals surface area contributed by atoms with Crippen LogP contribution < -0.4 is 10.2 Å². The van der Waals surface area contributed by atoms with Gasteiger partial charge in [0.2, 0.25) is 0 Å². The molecule has 1 aromatic carbocycles. The van der Waals surface area contributed by atoms with E-state index in [1.165, 1.54) is 4.90 Å². The van der Waals surface area contributed by atoms with Gasteiger partial charge >= 0.3 is 0 Å². The second-order valence-electron chi connectivity index (χ2n) is 5.81. The van der Waals surface area contributed by atoms with Crippen molar-refractivity contribution in [1.29, 1.82) is 0 Å². The number of quaternary nitrogens is 1. The minimum atomic E-state index is -0.184. The van der Waals surface area contributed by atoms with Crippen molar-refractivity contribution >= 4 is 17.5 Å². The molecule has 0 aliphatic carbocycles. The zero-order chi connectivity index (χ0) is 16.9. The van der Waals surface area contributed by atoms with Crippen LogP contribution in [0.1, 0.15) is 16.1 Å². The molecule has 2 aromatic rings. The van der Waals surface area contributed by atoms with Gasteiger partial charge in [-0.2, -0.15) is 0 Å². The lowest BCUT2D eigenvalue weighted by atomic mass is 10.1. The van der Waals surface area contributed by atoms with Gasteiger partial charge in [0.1, 0.15) is 30.1 Å². The zero-order valence-corrected chi connectivity index (χ0v) is 14.4. The largest absolute Gasteiger partial charge is 0.370 e. The number of benzene rings is 1. The number of carbonyl (C=O) groups excluding carboxylic acids is 1. The van der Waals surface area contributed by atoms with Gasteiger partial charge in [0.05, 0.1) is 31.3 Å². The molecule has 0 bridgehead atoms. The number of amides is 1. The molecule has 1 amide bonds. The first-order valence-electron chi connectivity index (χ1n) is 8.07. The second-order valence-corrected chi connectivity index (χ2v) is 6.22. The number of hydrogen-bond acceptors (Lipinski definition) is 4. The highest BCUT2D eigenvalue weighted by Gasteiger charge is 2.23. The number of rotatable bonds is 5. The van der Waals surface area contributed by atoms with Crippen molar-refractivity contribution in [3.05, 3.63) is 40.6 Å². The van der Waals surface area contributed by atoms with Crippen LogP contribution in [0.25, 0.3) is 11.3 Å². The molecule has 6 nitrogen and oxygen atoms in total. The summed E-state index contributed by atoms with van der Waals surface area (Å²) in [7, 11) is 0. The first-order valence-corrected chi connectivity index (χ1v) is 8.45. The molecular weight excluding hydrogens is 330 g/mol. The summed E-state index contributed by atoms with van der Waals surface area (Å²) in [5.41, 5.74) is 1.62. The normalized spacial score (nSPS) is 15.4. The van der Waals surface area contributed by atoms with E-state index in [2.05, 4.69) is 10.5 Å². The monoisotopic (exact) mass is 350 g/mol. The number of nitrogens with one attached hydrogen (secondary N) is 2. The van der Waals surface area contributed by atoms with Gasteiger partial charge in [-0.3, -0.25) is 4.79 Å². The molecule has 24 heavy (non-hydrogen) atoms. The Labute approximate surface area is 145 Å². The van der Waals surface area contributed by atoms with E-state index in [1.807, 2.05) is 18.2 Å². The molecule has 0 saturated carbocycles. The molecular formula is C17H21ClN3O3+. The van der Waals surface area contributed by atoms with Crippen molar-refractivity contribution in [3.63, 3.8) is 0 Å². The predicted octanol–water partition coefficient (Wildman–Crippen LogP) is 0.948. The van der Waals surface area contributed by atoms with Gasteiger partial charge in [0.25, 0.3) is 5.91 Å². The number of halogens is 1. The van der Waals surface area contributed by atoms with E-state index in [1.54, 1.807) is 13.0 Å². The Hall–Kier alpha value is -1.89. The Bertz CT molecular complexity index is 711. The van der Waals surface area contributed by atoms with Crippen LogP contribution in [0.3, 0.4) is 0 Å². The lowest BCUT2D eigenvalue weighted by Crippen LogP contribution is -3.14. The maximum absolute atomic E-state index is 12.6. The van der Waals surface area contributed by atoms with E-state index in [9.17, 15) is 4.79 Å². The van der Waals surface area contributed by atoms with E-state index in [0.717, 1.165) is 32.8 Å². The SMILES string of the molecule is Cc1onc(-c2ccccc2Cl)c1C(=O)NCC[NH+]1CCOCC1. The molecule has 1 aliphatic rings. The number of aromatic nitrogens is 1. The van der Waals surface area contributed by atoms with Crippen molar-refractivity contribution in [1.82, 2.24) is 10.5 Å². The van der Waals surface area contributed by atoms with Gasteiger partial charge in [-0.05, 0) is 13.0 Å². The summed E-state index contributed by atoms with van der Waals surface area (Å²) in [5, 5.41) is 7.52. The van der Waals surface area contributed by atoms with Crippen molar-refractivity contribution in [2.45, 2.75) is 6.92 Å². The average molecular weight is 351 g/mol. The summed E-state index contributed by atoms with van der Waals surface area (Å²) in [5.74, 6) is 0.303. The first kappa shape index (κ1) is 17.0. The summed E-state index contributed by atoms with van der Waals surface area (Å²) < 4.78 is 10.6. The Balaban J connectivity index is 1.69. The van der Waals surface area contributed by atoms with Crippen LogP contribution in [0.5, 0.6) is 0 Å². The fourth-order valence-corrected chi connectivity index (χ4v) is 3.05. The fraction of sp³-hybridized carbons (Fsp3) is 0.412. The summed E-state index contributed by atoms with van der Waals surface area (Å²) >= 11 is 6.22. The molecule has 128 valence electrons. The summed E-state index contributed by atoms with van der Waals surface area (Å²) in [6.07, 6.45) is 0. The Morgan fingerprint density at radius 2 is 2.08 bits per heavy atom. The lowest BCUT2D eigenvalue weighted by molar-refractivity contribution is -0.906. The van der Waals surface area contributed by atoms with Crippen molar-refractivity contribution in [3.8, 4) is 11.3 Å². The third kappa shape index (κ3) is 3.77. The smallest absolute Gasteiger partial charge is 0.257 e. The summed E-state index contributed by atoms with van der Waals surface area (Å²) in [6, 6.07) is 7.29. The van der Waals surface area contributed by atoms with Crippen molar-refractivity contribution in [2.24, 2.45) is 0 Å². The maximum Gasteiger partial charge on any atom is 0.257 e. The lowest BCUT2D eigenvalue weighted by Gasteiger charge is -2.23. The number of hydrogen-bond donors (Lipinski definition) is 2. The molecule has 0 spiro atoms. The number of morpholine rings is 1. The topological polar surface area (TPSA) is 68.8 Å². The van der Waals surface area contributed by atoms with Crippen LogP contribution in [0.2, 0.25) is 5.02 Å². The standard InChI is InChI=1S/C17H20ClN3O3/c1-12-15(16(20-24-12)13-4-2-3-5-14(13)18)17(22)19-6-7-21-8-10-23-11-9-21/h2-5H,6-11H2,1H3,(H,19,22)/p+1. The first-order chi connectivity index (χ1) is 11.7. The van der Waals surface area contributed by atoms with Crippen LogP contribution in [-0.4, -0.2) is 50.5 Å². The van der Waals surface area contributed by atoms with Gasteiger partial charge in [-0.1, -0.05) is 35.0 Å². The van der Waals surface area contributed by atoms with E-state index in [0.29, 0.717) is 34.1 Å². The molecule has 1 aliphatic heterocycles. The molecule has 0 radical (unpaired) electrons. The molecule has 2 N–H and O–H groups in total. The van der Waals surface area contributed by atoms with E-state index in [-0.39, 0.29) is 5.91 Å². The summed E-state index contributed by atoms with van der Waals surface area (Å²) in [6.45, 7) is 6.73. The van der Waals surface area contributed by atoms with Gasteiger partial charge in [-0.25, -0.2) is 0 Å². The minimum absolute atomic E-state index is 0.184. The quantitative estimate of drug-likeness (QED) is 0.842. The van der Waals surface area contributed by atoms with Crippen LogP contribution in [0.15, 0.2) is 28.8 Å². The second kappa shape index (κ2) is 7.79. The van der Waals surface area contributed by atoms with Crippen LogP contribution in [0, 0.1) is 6.92 Å². The molecule has 3 rings (SSSR count). The Morgan fingerprint density at radius 1 is 1.33 bits per heavy atom. The fourth-order valence-electron chi connectivity index (χ4n) is 2.83. The van der Waals surface area contributed by atoms with E-state index < -0.39 is 0 Å². The third-order valence-corrected chi connectivity index (χ3v) is 4.51. The Kier molecular flexibility index (Phi) is 5.50. The summed E-state index contributed by atoms with van der Waals surface area (Å²) in [4.78, 5) is 14.0. The van der Waals surface area contributed by atoms with Gasteiger partial charge in [-0.15, -0.1) is 0 Å². The van der Waals surface area contributed by atoms with E-state index >= 15 is 0 Å². The molecule has 2 heterocycles. The molecule has 1 fully saturated rings. The van der Waals surface area contributed by atoms with Crippen LogP contribution >= 0.6 is 11.6 Å².